The van der Waals surface area contributed by atoms with Gasteiger partial charge in [-0.15, -0.1) is 0 Å². The number of piperazine rings is 1. The largest absolute Gasteiger partial charge is 0.467 e. The molecule has 1 fully saturated rings. The second kappa shape index (κ2) is 6.45. The highest BCUT2D eigenvalue weighted by Crippen LogP contribution is 2.19. The smallest absolute Gasteiger partial charge is 0.338 e. The second-order valence-electron chi connectivity index (χ2n) is 5.87. The van der Waals surface area contributed by atoms with Crippen LogP contribution in [-0.2, 0) is 9.53 Å². The number of nitrogens with zero attached hydrogens (tertiary/aromatic N) is 2. The molecular weight excluding hydrogens is 268 g/mol. The number of carbonyl (C=O) groups is 1. The van der Waals surface area contributed by atoms with E-state index in [-0.39, 0.29) is 0 Å². The third-order valence-corrected chi connectivity index (χ3v) is 3.90. The van der Waals surface area contributed by atoms with Crippen molar-refractivity contribution in [3.63, 3.8) is 0 Å². The normalized spacial score (nSPS) is 19.1. The van der Waals surface area contributed by atoms with Crippen LogP contribution in [0.5, 0.6) is 0 Å². The zero-order valence-corrected chi connectivity index (χ0v) is 13.0. The molecule has 21 heavy (non-hydrogen) atoms. The lowest BCUT2D eigenvalue weighted by Crippen LogP contribution is -2.53. The second-order valence-corrected chi connectivity index (χ2v) is 5.87. The van der Waals surface area contributed by atoms with Gasteiger partial charge in [0.15, 0.2) is 5.60 Å². The highest BCUT2D eigenvalue weighted by Gasteiger charge is 2.34. The Morgan fingerprint density at radius 3 is 2.57 bits per heavy atom. The van der Waals surface area contributed by atoms with Crippen molar-refractivity contribution < 1.29 is 14.6 Å². The maximum atomic E-state index is 11.5. The molecule has 116 valence electrons. The van der Waals surface area contributed by atoms with Crippen LogP contribution in [0.2, 0.25) is 0 Å². The summed E-state index contributed by atoms with van der Waals surface area (Å²) in [6.07, 6.45) is 0. The van der Waals surface area contributed by atoms with Crippen molar-refractivity contribution in [2.45, 2.75) is 19.4 Å². The number of benzene rings is 1. The number of anilines is 1. The van der Waals surface area contributed by atoms with Gasteiger partial charge in [0.05, 0.1) is 7.11 Å². The summed E-state index contributed by atoms with van der Waals surface area (Å²) in [5, 5.41) is 10.1. The fraction of sp³-hybridized carbons (Fsp3) is 0.562. The molecule has 1 saturated heterocycles. The van der Waals surface area contributed by atoms with E-state index in [1.165, 1.54) is 25.3 Å². The monoisotopic (exact) mass is 292 g/mol. The maximum Gasteiger partial charge on any atom is 0.338 e. The van der Waals surface area contributed by atoms with Crippen LogP contribution in [0.1, 0.15) is 12.5 Å². The molecule has 0 saturated carbocycles. The number of esters is 1. The van der Waals surface area contributed by atoms with Crippen LogP contribution in [0.4, 0.5) is 5.69 Å². The molecular formula is C16H24N2O3. The summed E-state index contributed by atoms with van der Waals surface area (Å²) in [5.74, 6) is -0.580. The third-order valence-electron chi connectivity index (χ3n) is 3.90. The number of carbonyl (C=O) groups excluding carboxylic acids is 1. The Morgan fingerprint density at radius 2 is 2.00 bits per heavy atom. The van der Waals surface area contributed by atoms with Crippen LogP contribution in [0.25, 0.3) is 0 Å². The Labute approximate surface area is 126 Å². The first-order valence-electron chi connectivity index (χ1n) is 7.27. The van der Waals surface area contributed by atoms with Crippen molar-refractivity contribution in [3.05, 3.63) is 29.8 Å². The third kappa shape index (κ3) is 3.95. The number of aliphatic hydroxyl groups is 1. The van der Waals surface area contributed by atoms with Gasteiger partial charge in [-0.2, -0.15) is 0 Å². The minimum absolute atomic E-state index is 0.307. The van der Waals surface area contributed by atoms with Crippen molar-refractivity contribution in [2.24, 2.45) is 0 Å². The van der Waals surface area contributed by atoms with Crippen LogP contribution >= 0.6 is 0 Å². The highest BCUT2D eigenvalue weighted by atomic mass is 16.5. The van der Waals surface area contributed by atoms with Gasteiger partial charge in [0.25, 0.3) is 0 Å². The van der Waals surface area contributed by atoms with E-state index >= 15 is 0 Å². The van der Waals surface area contributed by atoms with Crippen LogP contribution in [-0.4, -0.2) is 61.4 Å². The maximum absolute atomic E-state index is 11.5. The fourth-order valence-electron chi connectivity index (χ4n) is 2.71. The van der Waals surface area contributed by atoms with Gasteiger partial charge in [0, 0.05) is 38.4 Å². The number of aryl methyl sites for hydroxylation is 1. The average Bonchev–Trinajstić information content (AvgIpc) is 2.46. The Morgan fingerprint density at radius 1 is 1.33 bits per heavy atom. The van der Waals surface area contributed by atoms with E-state index in [4.69, 9.17) is 0 Å². The minimum Gasteiger partial charge on any atom is -0.467 e. The molecule has 1 N–H and O–H groups in total. The van der Waals surface area contributed by atoms with E-state index < -0.39 is 11.6 Å². The molecule has 1 unspecified atom stereocenters. The molecule has 0 aromatic heterocycles. The van der Waals surface area contributed by atoms with Gasteiger partial charge < -0.3 is 14.7 Å². The lowest BCUT2D eigenvalue weighted by molar-refractivity contribution is -0.162. The van der Waals surface area contributed by atoms with Gasteiger partial charge in [-0.25, -0.2) is 4.79 Å². The molecule has 1 aromatic carbocycles. The van der Waals surface area contributed by atoms with Crippen LogP contribution in [0.3, 0.4) is 0 Å². The van der Waals surface area contributed by atoms with Gasteiger partial charge in [-0.3, -0.25) is 4.90 Å². The van der Waals surface area contributed by atoms with Gasteiger partial charge in [-0.05, 0) is 31.5 Å². The summed E-state index contributed by atoms with van der Waals surface area (Å²) in [7, 11) is 1.30. The standard InChI is InChI=1S/C16H24N2O3/c1-13-5-4-6-14(11-13)18-9-7-17(8-10-18)12-16(2,20)15(19)21-3/h4-6,11,20H,7-10,12H2,1-3H3. The molecule has 1 atom stereocenters. The summed E-state index contributed by atoms with van der Waals surface area (Å²) in [5.41, 5.74) is 1.04. The topological polar surface area (TPSA) is 53.0 Å². The van der Waals surface area contributed by atoms with Gasteiger partial charge in [-0.1, -0.05) is 12.1 Å². The number of hydrogen-bond acceptors (Lipinski definition) is 5. The van der Waals surface area contributed by atoms with Crippen molar-refractivity contribution in [1.29, 1.82) is 0 Å². The molecule has 5 nitrogen and oxygen atoms in total. The summed E-state index contributed by atoms with van der Waals surface area (Å²) in [6, 6.07) is 8.46. The molecule has 0 radical (unpaired) electrons. The van der Waals surface area contributed by atoms with E-state index in [0.717, 1.165) is 26.2 Å². The predicted octanol–water partition coefficient (Wildman–Crippen LogP) is 1.04. The summed E-state index contributed by atoms with van der Waals surface area (Å²) in [4.78, 5) is 16.0. The summed E-state index contributed by atoms with van der Waals surface area (Å²) >= 11 is 0. The van der Waals surface area contributed by atoms with E-state index in [1.807, 2.05) is 0 Å². The number of rotatable bonds is 4. The van der Waals surface area contributed by atoms with Crippen molar-refractivity contribution in [1.82, 2.24) is 4.90 Å². The molecule has 5 heteroatoms. The van der Waals surface area contributed by atoms with Crippen LogP contribution in [0, 0.1) is 6.92 Å². The van der Waals surface area contributed by atoms with E-state index in [2.05, 4.69) is 45.7 Å². The zero-order valence-electron chi connectivity index (χ0n) is 13.0. The Bertz CT molecular complexity index is 494. The molecule has 0 aliphatic carbocycles. The molecule has 0 bridgehead atoms. The quantitative estimate of drug-likeness (QED) is 0.841. The average molecular weight is 292 g/mol. The molecule has 1 aliphatic rings. The number of β-amino-alcohol motifs (C(OH)–C–C–N with tert-alkyl or cyclic N) is 1. The lowest BCUT2D eigenvalue weighted by Gasteiger charge is -2.38. The molecule has 1 heterocycles. The van der Waals surface area contributed by atoms with Crippen molar-refractivity contribution in [3.8, 4) is 0 Å². The van der Waals surface area contributed by atoms with Crippen LogP contribution in [0.15, 0.2) is 24.3 Å². The minimum atomic E-state index is -1.44. The number of ether oxygens (including phenoxy) is 1. The first-order valence-corrected chi connectivity index (χ1v) is 7.27. The first-order chi connectivity index (χ1) is 9.92. The molecule has 1 aromatic rings. The fourth-order valence-corrected chi connectivity index (χ4v) is 2.71. The molecule has 1 aliphatic heterocycles. The molecule has 2 rings (SSSR count). The van der Waals surface area contributed by atoms with E-state index in [9.17, 15) is 9.90 Å². The Hall–Kier alpha value is -1.59. The molecule has 0 amide bonds. The molecule has 0 spiro atoms. The van der Waals surface area contributed by atoms with Gasteiger partial charge in [0.2, 0.25) is 0 Å². The van der Waals surface area contributed by atoms with Gasteiger partial charge in [0.1, 0.15) is 0 Å². The van der Waals surface area contributed by atoms with E-state index in [1.54, 1.807) is 0 Å². The van der Waals surface area contributed by atoms with Crippen molar-refractivity contribution >= 4 is 11.7 Å². The number of methoxy groups -OCH3 is 1. The van der Waals surface area contributed by atoms with E-state index in [0.29, 0.717) is 6.54 Å². The predicted molar refractivity (Wildman–Crippen MR) is 82.5 cm³/mol. The highest BCUT2D eigenvalue weighted by molar-refractivity contribution is 5.78. The lowest BCUT2D eigenvalue weighted by atomic mass is 10.1. The first kappa shape index (κ1) is 15.8. The zero-order chi connectivity index (χ0) is 15.5. The van der Waals surface area contributed by atoms with Crippen LogP contribution < -0.4 is 4.90 Å². The summed E-state index contributed by atoms with van der Waals surface area (Å²) in [6.45, 7) is 7.32. The van der Waals surface area contributed by atoms with Crippen molar-refractivity contribution in [2.75, 3.05) is 44.7 Å². The summed E-state index contributed by atoms with van der Waals surface area (Å²) < 4.78 is 4.63. The number of hydrogen-bond donors (Lipinski definition) is 1. The van der Waals surface area contributed by atoms with Gasteiger partial charge >= 0.3 is 5.97 Å². The Balaban J connectivity index is 1.90. The SMILES string of the molecule is COC(=O)C(C)(O)CN1CCN(c2cccc(C)c2)CC1. The Kier molecular flexibility index (Phi) is 4.85.